The quantitative estimate of drug-likeness (QED) is 0.0902. The maximum atomic E-state index is 13.5. The van der Waals surface area contributed by atoms with Crippen molar-refractivity contribution in [2.45, 2.75) is 31.6 Å². The number of carbonyl (C=O) groups is 1. The van der Waals surface area contributed by atoms with Gasteiger partial charge < -0.3 is 4.74 Å². The fraction of sp³-hybridized carbons (Fsp3) is 0.156. The average Bonchev–Trinajstić information content (AvgIpc) is 2.96. The molecule has 0 aromatic heterocycles. The van der Waals surface area contributed by atoms with Crippen LogP contribution in [0.1, 0.15) is 35.3 Å². The standard InChI is InChI=1S/C32H23F9O2Si/c1-21(42)43-29(22-5-3-2-4-6-22)19-20-44(26-13-7-23(8-14-26)30(33,34)35,27-15-9-24(10-16-27)31(36,37)38)28-17-11-25(12-18-28)32(39,40)41/h2-20,29H,1H3/b20-19+. The summed E-state index contributed by atoms with van der Waals surface area (Å²) in [5.41, 5.74) is -0.921. The van der Waals surface area contributed by atoms with Gasteiger partial charge >= 0.3 is 24.5 Å². The summed E-state index contributed by atoms with van der Waals surface area (Å²) in [5.74, 6) is -0.672. The Morgan fingerprint density at radius 1 is 0.591 bits per heavy atom. The summed E-state index contributed by atoms with van der Waals surface area (Å²) in [4.78, 5) is 12.0. The highest BCUT2D eigenvalue weighted by Gasteiger charge is 2.41. The molecule has 0 saturated carbocycles. The van der Waals surface area contributed by atoms with E-state index in [0.29, 0.717) is 5.56 Å². The zero-order chi connectivity index (χ0) is 32.3. The molecule has 0 heterocycles. The lowest BCUT2D eigenvalue weighted by Crippen LogP contribution is -2.66. The first kappa shape index (κ1) is 32.6. The first-order valence-corrected chi connectivity index (χ1v) is 15.0. The van der Waals surface area contributed by atoms with E-state index in [0.717, 1.165) is 79.7 Å². The molecule has 0 aliphatic heterocycles. The van der Waals surface area contributed by atoms with E-state index in [1.54, 1.807) is 36.0 Å². The molecular weight excluding hydrogens is 615 g/mol. The van der Waals surface area contributed by atoms with Gasteiger partial charge in [0.2, 0.25) is 0 Å². The minimum absolute atomic E-state index is 0.232. The van der Waals surface area contributed by atoms with Crippen molar-refractivity contribution in [1.29, 1.82) is 0 Å². The van der Waals surface area contributed by atoms with E-state index >= 15 is 0 Å². The number of alkyl halides is 9. The van der Waals surface area contributed by atoms with Crippen LogP contribution in [0.2, 0.25) is 0 Å². The molecule has 0 amide bonds. The third-order valence-corrected chi connectivity index (χ3v) is 11.4. The summed E-state index contributed by atoms with van der Waals surface area (Å²) in [7, 11) is -3.89. The molecule has 12 heteroatoms. The van der Waals surface area contributed by atoms with Crippen LogP contribution in [0, 0.1) is 0 Å². The summed E-state index contributed by atoms with van der Waals surface area (Å²) in [5, 5.41) is 0.697. The van der Waals surface area contributed by atoms with Crippen LogP contribution in [0.3, 0.4) is 0 Å². The molecule has 1 atom stereocenters. The Balaban J connectivity index is 2.04. The monoisotopic (exact) mass is 638 g/mol. The molecule has 0 spiro atoms. The third kappa shape index (κ3) is 7.24. The van der Waals surface area contributed by atoms with E-state index in [1.807, 2.05) is 0 Å². The zero-order valence-electron chi connectivity index (χ0n) is 22.8. The van der Waals surface area contributed by atoms with E-state index in [-0.39, 0.29) is 15.6 Å². The lowest BCUT2D eigenvalue weighted by atomic mass is 10.1. The van der Waals surface area contributed by atoms with Crippen LogP contribution < -0.4 is 15.6 Å². The van der Waals surface area contributed by atoms with Gasteiger partial charge in [-0.25, -0.2) is 0 Å². The summed E-state index contributed by atoms with van der Waals surface area (Å²) < 4.78 is 127. The number of hydrogen-bond donors (Lipinski definition) is 0. The number of rotatable bonds is 7. The topological polar surface area (TPSA) is 26.3 Å². The van der Waals surface area contributed by atoms with Crippen molar-refractivity contribution in [3.8, 4) is 0 Å². The van der Waals surface area contributed by atoms with Crippen LogP contribution in [0.25, 0.3) is 0 Å². The van der Waals surface area contributed by atoms with Crippen molar-refractivity contribution in [2.24, 2.45) is 0 Å². The second-order valence-electron chi connectivity index (χ2n) is 9.83. The molecule has 0 fully saturated rings. The fourth-order valence-electron chi connectivity index (χ4n) is 4.83. The largest absolute Gasteiger partial charge is 0.453 e. The molecule has 0 aliphatic rings. The summed E-state index contributed by atoms with van der Waals surface area (Å²) in [6.45, 7) is 1.16. The van der Waals surface area contributed by atoms with Crippen LogP contribution in [0.5, 0.6) is 0 Å². The van der Waals surface area contributed by atoms with Gasteiger partial charge in [-0.1, -0.05) is 109 Å². The minimum Gasteiger partial charge on any atom is -0.453 e. The smallest absolute Gasteiger partial charge is 0.416 e. The first-order chi connectivity index (χ1) is 20.5. The zero-order valence-corrected chi connectivity index (χ0v) is 23.8. The predicted molar refractivity (Wildman–Crippen MR) is 149 cm³/mol. The molecule has 0 N–H and O–H groups in total. The molecule has 4 aromatic rings. The third-order valence-electron chi connectivity index (χ3n) is 6.94. The van der Waals surface area contributed by atoms with Crippen molar-refractivity contribution in [2.75, 3.05) is 0 Å². The Morgan fingerprint density at radius 2 is 0.932 bits per heavy atom. The number of halogens is 9. The molecule has 0 aliphatic carbocycles. The maximum absolute atomic E-state index is 13.5. The Hall–Kier alpha value is -4.32. The van der Waals surface area contributed by atoms with Gasteiger partial charge in [0, 0.05) is 6.92 Å². The molecule has 4 aromatic carbocycles. The fourth-order valence-corrected chi connectivity index (χ4v) is 8.94. The Bertz CT molecular complexity index is 1450. The number of carbonyl (C=O) groups excluding carboxylic acids is 1. The van der Waals surface area contributed by atoms with Gasteiger partial charge in [-0.15, -0.1) is 0 Å². The number of benzene rings is 4. The lowest BCUT2D eigenvalue weighted by molar-refractivity contribution is -0.144. The van der Waals surface area contributed by atoms with E-state index in [1.165, 1.54) is 6.08 Å². The normalized spacial score (nSPS) is 13.6. The van der Waals surface area contributed by atoms with Crippen molar-refractivity contribution in [1.82, 2.24) is 0 Å². The second kappa shape index (κ2) is 12.3. The highest BCUT2D eigenvalue weighted by Crippen LogP contribution is 2.32. The van der Waals surface area contributed by atoms with E-state index in [9.17, 15) is 44.3 Å². The molecule has 0 bridgehead atoms. The van der Waals surface area contributed by atoms with Gasteiger partial charge in [0.25, 0.3) is 0 Å². The second-order valence-corrected chi connectivity index (χ2v) is 13.5. The van der Waals surface area contributed by atoms with Gasteiger partial charge in [0.05, 0.1) is 16.7 Å². The molecular formula is C32H23F9O2Si. The van der Waals surface area contributed by atoms with Gasteiger partial charge in [-0.2, -0.15) is 39.5 Å². The van der Waals surface area contributed by atoms with E-state index in [2.05, 4.69) is 0 Å². The molecule has 44 heavy (non-hydrogen) atoms. The van der Waals surface area contributed by atoms with Crippen LogP contribution in [-0.2, 0) is 28.1 Å². The Labute approximate surface area is 247 Å². The number of hydrogen-bond acceptors (Lipinski definition) is 2. The summed E-state index contributed by atoms with van der Waals surface area (Å²) in [6.07, 6.45) is -13.7. The van der Waals surface area contributed by atoms with Crippen molar-refractivity contribution >= 4 is 29.6 Å². The van der Waals surface area contributed by atoms with Crippen LogP contribution >= 0.6 is 0 Å². The average molecular weight is 639 g/mol. The molecule has 2 nitrogen and oxygen atoms in total. The maximum Gasteiger partial charge on any atom is 0.416 e. The molecule has 1 unspecified atom stereocenters. The van der Waals surface area contributed by atoms with Crippen LogP contribution in [0.15, 0.2) is 115 Å². The van der Waals surface area contributed by atoms with Crippen LogP contribution in [0.4, 0.5) is 39.5 Å². The molecule has 4 rings (SSSR count). The highest BCUT2D eigenvalue weighted by molar-refractivity contribution is 7.14. The van der Waals surface area contributed by atoms with Crippen molar-refractivity contribution in [3.63, 3.8) is 0 Å². The van der Waals surface area contributed by atoms with Crippen molar-refractivity contribution < 1.29 is 49.0 Å². The van der Waals surface area contributed by atoms with Gasteiger partial charge in [0.1, 0.15) is 6.10 Å². The van der Waals surface area contributed by atoms with Gasteiger partial charge in [-0.05, 0) is 27.2 Å². The number of ether oxygens (including phenoxy) is 1. The lowest BCUT2D eigenvalue weighted by Gasteiger charge is -2.32. The van der Waals surface area contributed by atoms with Gasteiger partial charge in [0.15, 0.2) is 8.07 Å². The van der Waals surface area contributed by atoms with E-state index in [4.69, 9.17) is 4.74 Å². The molecule has 0 radical (unpaired) electrons. The highest BCUT2D eigenvalue weighted by atomic mass is 28.3. The Morgan fingerprint density at radius 3 is 1.23 bits per heavy atom. The predicted octanol–water partition coefficient (Wildman–Crippen LogP) is 7.61. The van der Waals surface area contributed by atoms with Crippen molar-refractivity contribution in [3.05, 3.63) is 137 Å². The first-order valence-electron chi connectivity index (χ1n) is 13.0. The van der Waals surface area contributed by atoms with E-state index < -0.39 is 55.4 Å². The summed E-state index contributed by atoms with van der Waals surface area (Å²) >= 11 is 0. The number of esters is 1. The SMILES string of the molecule is CC(=O)OC(/C=C/[Si](c1ccc(C(F)(F)F)cc1)(c1ccc(C(F)(F)F)cc1)c1ccc(C(F)(F)F)cc1)c1ccccc1. The Kier molecular flexibility index (Phi) is 9.15. The van der Waals surface area contributed by atoms with Gasteiger partial charge in [-0.3, -0.25) is 4.79 Å². The molecule has 0 saturated heterocycles. The summed E-state index contributed by atoms with van der Waals surface area (Å²) in [6, 6.07) is 20.2. The molecule has 230 valence electrons. The minimum atomic E-state index is -4.70. The van der Waals surface area contributed by atoms with Crippen LogP contribution in [-0.4, -0.2) is 14.0 Å².